The number of carbonyl (C=O) groups is 1. The van der Waals surface area contributed by atoms with Gasteiger partial charge >= 0.3 is 0 Å². The normalized spacial score (nSPS) is 11.0. The molecule has 6 nitrogen and oxygen atoms in total. The molecular formula is C23H21ClN4O2S. The molecule has 4 aromatic rings. The second-order valence-corrected chi connectivity index (χ2v) is 9.03. The fourth-order valence-electron chi connectivity index (χ4n) is 3.41. The number of hydrogen-bond donors (Lipinski definition) is 1. The minimum atomic E-state index is -0.291. The van der Waals surface area contributed by atoms with Gasteiger partial charge in [0, 0.05) is 40.9 Å². The lowest BCUT2D eigenvalue weighted by atomic mass is 10.0. The summed E-state index contributed by atoms with van der Waals surface area (Å²) in [4.78, 5) is 33.8. The fourth-order valence-corrected chi connectivity index (χ4v) is 4.54. The molecule has 158 valence electrons. The first kappa shape index (κ1) is 21.1. The lowest BCUT2D eigenvalue weighted by molar-refractivity contribution is -0.116. The van der Waals surface area contributed by atoms with Crippen LogP contribution < -0.4 is 15.8 Å². The lowest BCUT2D eigenvalue weighted by Gasteiger charge is -2.13. The van der Waals surface area contributed by atoms with E-state index >= 15 is 0 Å². The second kappa shape index (κ2) is 8.53. The van der Waals surface area contributed by atoms with Crippen LogP contribution in [0.3, 0.4) is 0 Å². The predicted octanol–water partition coefficient (Wildman–Crippen LogP) is 4.79. The third-order valence-electron chi connectivity index (χ3n) is 4.97. The van der Waals surface area contributed by atoms with Gasteiger partial charge in [-0.25, -0.2) is 4.98 Å². The standard InChI is InChI=1S/C23H21ClN4O2S/c1-14-20(15-4-6-16(24)7-5-15)21-22(31-14)25-13-28(23(21)30)12-19(29)26-17-8-10-18(11-9-17)27(2)3/h4-11,13H,12H2,1-3H3,(H,26,29). The molecule has 0 saturated carbocycles. The summed E-state index contributed by atoms with van der Waals surface area (Å²) in [5.74, 6) is -0.291. The van der Waals surface area contributed by atoms with Crippen molar-refractivity contribution < 1.29 is 4.79 Å². The van der Waals surface area contributed by atoms with E-state index in [4.69, 9.17) is 11.6 Å². The zero-order valence-corrected chi connectivity index (χ0v) is 18.9. The zero-order valence-electron chi connectivity index (χ0n) is 17.3. The van der Waals surface area contributed by atoms with Gasteiger partial charge in [0.15, 0.2) is 0 Å². The first-order chi connectivity index (χ1) is 14.8. The summed E-state index contributed by atoms with van der Waals surface area (Å²) < 4.78 is 1.34. The Morgan fingerprint density at radius 3 is 2.45 bits per heavy atom. The fraction of sp³-hybridized carbons (Fsp3) is 0.174. The Bertz CT molecular complexity index is 1310. The average molecular weight is 453 g/mol. The topological polar surface area (TPSA) is 67.2 Å². The summed E-state index contributed by atoms with van der Waals surface area (Å²) >= 11 is 7.48. The van der Waals surface area contributed by atoms with Gasteiger partial charge in [0.1, 0.15) is 11.4 Å². The van der Waals surface area contributed by atoms with Crippen LogP contribution >= 0.6 is 22.9 Å². The van der Waals surface area contributed by atoms with Crippen LogP contribution in [0.1, 0.15) is 4.88 Å². The summed E-state index contributed by atoms with van der Waals surface area (Å²) in [6, 6.07) is 14.9. The average Bonchev–Trinajstić information content (AvgIpc) is 3.08. The van der Waals surface area contributed by atoms with Crippen LogP contribution in [0.15, 0.2) is 59.7 Å². The molecule has 0 radical (unpaired) electrons. The molecule has 0 aliphatic carbocycles. The van der Waals surface area contributed by atoms with Crippen molar-refractivity contribution in [2.45, 2.75) is 13.5 Å². The van der Waals surface area contributed by atoms with Gasteiger partial charge in [-0.05, 0) is 48.9 Å². The van der Waals surface area contributed by atoms with Crippen molar-refractivity contribution in [3.8, 4) is 11.1 Å². The largest absolute Gasteiger partial charge is 0.378 e. The van der Waals surface area contributed by atoms with Gasteiger partial charge in [0.25, 0.3) is 5.56 Å². The number of nitrogens with one attached hydrogen (secondary N) is 1. The number of benzene rings is 2. The third-order valence-corrected chi connectivity index (χ3v) is 6.23. The highest BCUT2D eigenvalue weighted by Crippen LogP contribution is 2.35. The molecule has 1 N–H and O–H groups in total. The Kier molecular flexibility index (Phi) is 5.80. The number of anilines is 2. The van der Waals surface area contributed by atoms with E-state index in [0.717, 1.165) is 21.7 Å². The van der Waals surface area contributed by atoms with Crippen molar-refractivity contribution in [2.75, 3.05) is 24.3 Å². The molecule has 0 fully saturated rings. The number of amides is 1. The Balaban J connectivity index is 1.63. The molecule has 0 atom stereocenters. The first-order valence-corrected chi connectivity index (χ1v) is 10.8. The molecular weight excluding hydrogens is 432 g/mol. The molecule has 0 unspecified atom stereocenters. The van der Waals surface area contributed by atoms with Gasteiger partial charge in [0.05, 0.1) is 11.7 Å². The molecule has 1 amide bonds. The molecule has 0 aliphatic rings. The maximum atomic E-state index is 13.2. The lowest BCUT2D eigenvalue weighted by Crippen LogP contribution is -2.27. The smallest absolute Gasteiger partial charge is 0.263 e. The van der Waals surface area contributed by atoms with E-state index < -0.39 is 0 Å². The van der Waals surface area contributed by atoms with Crippen LogP contribution in [0.4, 0.5) is 11.4 Å². The predicted molar refractivity (Wildman–Crippen MR) is 128 cm³/mol. The first-order valence-electron chi connectivity index (χ1n) is 9.65. The third kappa shape index (κ3) is 4.33. The Hall–Kier alpha value is -3.16. The molecule has 2 heterocycles. The number of aromatic nitrogens is 2. The number of halogens is 1. The molecule has 0 spiro atoms. The second-order valence-electron chi connectivity index (χ2n) is 7.39. The van der Waals surface area contributed by atoms with Gasteiger partial charge in [-0.3, -0.25) is 14.2 Å². The van der Waals surface area contributed by atoms with Crippen molar-refractivity contribution in [1.82, 2.24) is 9.55 Å². The van der Waals surface area contributed by atoms with Crippen LogP contribution in [0, 0.1) is 6.92 Å². The van der Waals surface area contributed by atoms with Crippen LogP contribution in [-0.2, 0) is 11.3 Å². The Morgan fingerprint density at radius 2 is 1.81 bits per heavy atom. The SMILES string of the molecule is Cc1sc2ncn(CC(=O)Nc3ccc(N(C)C)cc3)c(=O)c2c1-c1ccc(Cl)cc1. The van der Waals surface area contributed by atoms with Gasteiger partial charge in [-0.15, -0.1) is 11.3 Å². The summed E-state index contributed by atoms with van der Waals surface area (Å²) in [5.41, 5.74) is 3.20. The van der Waals surface area contributed by atoms with E-state index in [1.807, 2.05) is 62.3 Å². The van der Waals surface area contributed by atoms with Crippen LogP contribution in [0.2, 0.25) is 5.02 Å². The molecule has 0 aliphatic heterocycles. The molecule has 8 heteroatoms. The van der Waals surface area contributed by atoms with Gasteiger partial charge < -0.3 is 10.2 Å². The minimum Gasteiger partial charge on any atom is -0.378 e. The number of carbonyl (C=O) groups excluding carboxylic acids is 1. The van der Waals surface area contributed by atoms with Crippen molar-refractivity contribution in [3.63, 3.8) is 0 Å². The van der Waals surface area contributed by atoms with E-state index in [0.29, 0.717) is 20.9 Å². The van der Waals surface area contributed by atoms with Crippen molar-refractivity contribution in [2.24, 2.45) is 0 Å². The molecule has 2 aromatic heterocycles. The van der Waals surface area contributed by atoms with E-state index in [1.54, 1.807) is 12.1 Å². The number of aryl methyl sites for hydroxylation is 1. The van der Waals surface area contributed by atoms with E-state index in [-0.39, 0.29) is 18.0 Å². The van der Waals surface area contributed by atoms with Crippen LogP contribution in [0.25, 0.3) is 21.3 Å². The quantitative estimate of drug-likeness (QED) is 0.472. The Labute approximate surface area is 188 Å². The summed E-state index contributed by atoms with van der Waals surface area (Å²) in [6.45, 7) is 1.84. The van der Waals surface area contributed by atoms with Crippen molar-refractivity contribution >= 4 is 50.4 Å². The molecule has 2 aromatic carbocycles. The highest BCUT2D eigenvalue weighted by atomic mass is 35.5. The monoisotopic (exact) mass is 452 g/mol. The van der Waals surface area contributed by atoms with Crippen molar-refractivity contribution in [1.29, 1.82) is 0 Å². The van der Waals surface area contributed by atoms with Crippen molar-refractivity contribution in [3.05, 3.63) is 75.1 Å². The zero-order chi connectivity index (χ0) is 22.1. The van der Waals surface area contributed by atoms with Gasteiger partial charge in [-0.1, -0.05) is 23.7 Å². The summed E-state index contributed by atoms with van der Waals surface area (Å²) in [7, 11) is 3.90. The molecule has 31 heavy (non-hydrogen) atoms. The van der Waals surface area contributed by atoms with Gasteiger partial charge in [-0.2, -0.15) is 0 Å². The maximum absolute atomic E-state index is 13.2. The highest BCUT2D eigenvalue weighted by Gasteiger charge is 2.18. The molecule has 0 saturated heterocycles. The summed E-state index contributed by atoms with van der Waals surface area (Å²) in [6.07, 6.45) is 1.43. The number of rotatable bonds is 5. The number of thiophene rings is 1. The molecule has 4 rings (SSSR count). The molecule has 0 bridgehead atoms. The van der Waals surface area contributed by atoms with Gasteiger partial charge in [0.2, 0.25) is 5.91 Å². The van der Waals surface area contributed by atoms with E-state index in [2.05, 4.69) is 10.3 Å². The summed E-state index contributed by atoms with van der Waals surface area (Å²) in [5, 5.41) is 3.99. The highest BCUT2D eigenvalue weighted by molar-refractivity contribution is 7.19. The number of hydrogen-bond acceptors (Lipinski definition) is 5. The maximum Gasteiger partial charge on any atom is 0.263 e. The number of nitrogens with zero attached hydrogens (tertiary/aromatic N) is 3. The minimum absolute atomic E-state index is 0.119. The number of fused-ring (bicyclic) bond motifs is 1. The van der Waals surface area contributed by atoms with Crippen LogP contribution in [0.5, 0.6) is 0 Å². The van der Waals surface area contributed by atoms with Crippen LogP contribution in [-0.4, -0.2) is 29.6 Å². The Morgan fingerprint density at radius 1 is 1.13 bits per heavy atom. The van der Waals surface area contributed by atoms with E-state index in [9.17, 15) is 9.59 Å². The van der Waals surface area contributed by atoms with E-state index in [1.165, 1.54) is 22.2 Å².